The van der Waals surface area contributed by atoms with Gasteiger partial charge in [-0.1, -0.05) is 11.6 Å². The largest absolute Gasteiger partial charge is 0.353 e. The zero-order valence-electron chi connectivity index (χ0n) is 16.2. The number of halogens is 1. The zero-order valence-corrected chi connectivity index (χ0v) is 17.0. The first kappa shape index (κ1) is 18.7. The lowest BCUT2D eigenvalue weighted by Gasteiger charge is -2.29. The van der Waals surface area contributed by atoms with E-state index in [2.05, 4.69) is 24.8 Å². The molecule has 8 heteroatoms. The predicted octanol–water partition coefficient (Wildman–Crippen LogP) is 3.36. The number of aryl methyl sites for hydroxylation is 2. The Morgan fingerprint density at radius 3 is 2.86 bits per heavy atom. The van der Waals surface area contributed by atoms with E-state index in [1.54, 1.807) is 6.33 Å². The number of nitrogens with one attached hydrogen (secondary N) is 1. The lowest BCUT2D eigenvalue weighted by atomic mass is 10.0. The number of rotatable bonds is 4. The Hall–Kier alpha value is -2.67. The van der Waals surface area contributed by atoms with Gasteiger partial charge < -0.3 is 14.8 Å². The van der Waals surface area contributed by atoms with Gasteiger partial charge in [-0.05, 0) is 50.5 Å². The SMILES string of the molecule is CCN(C(=O)c1cc(C)c(C)cc1Cl)C1CCN(c2ncnc3nc[nH]c23)C1. The summed E-state index contributed by atoms with van der Waals surface area (Å²) in [5.74, 6) is 0.814. The van der Waals surface area contributed by atoms with E-state index in [0.717, 1.165) is 35.4 Å². The highest BCUT2D eigenvalue weighted by Gasteiger charge is 2.32. The Kier molecular flexibility index (Phi) is 4.93. The maximum absolute atomic E-state index is 13.2. The molecule has 1 aliphatic heterocycles. The summed E-state index contributed by atoms with van der Waals surface area (Å²) >= 11 is 6.40. The number of hydrogen-bond donors (Lipinski definition) is 1. The lowest BCUT2D eigenvalue weighted by Crippen LogP contribution is -2.42. The number of benzene rings is 1. The van der Waals surface area contributed by atoms with Crippen LogP contribution < -0.4 is 4.90 Å². The average molecular weight is 399 g/mol. The number of carbonyl (C=O) groups is 1. The molecule has 1 fully saturated rings. The molecule has 3 heterocycles. The van der Waals surface area contributed by atoms with E-state index in [-0.39, 0.29) is 11.9 Å². The number of likely N-dealkylation sites (N-methyl/N-ethyl adjacent to an activating group) is 1. The van der Waals surface area contributed by atoms with Gasteiger partial charge in [0.05, 0.1) is 23.0 Å². The summed E-state index contributed by atoms with van der Waals surface area (Å²) in [5.41, 5.74) is 4.21. The minimum absolute atomic E-state index is 0.0168. The van der Waals surface area contributed by atoms with Crippen molar-refractivity contribution in [1.29, 1.82) is 0 Å². The van der Waals surface area contributed by atoms with Gasteiger partial charge in [-0.15, -0.1) is 0 Å². The molecule has 2 aromatic heterocycles. The summed E-state index contributed by atoms with van der Waals surface area (Å²) in [7, 11) is 0. The number of aromatic nitrogens is 4. The molecule has 0 radical (unpaired) electrons. The van der Waals surface area contributed by atoms with Gasteiger partial charge >= 0.3 is 0 Å². The molecule has 1 aromatic carbocycles. The Bertz CT molecular complexity index is 1030. The number of nitrogens with zero attached hydrogens (tertiary/aromatic N) is 5. The summed E-state index contributed by atoms with van der Waals surface area (Å²) in [4.78, 5) is 33.3. The van der Waals surface area contributed by atoms with E-state index in [1.807, 2.05) is 37.8 Å². The van der Waals surface area contributed by atoms with Crippen molar-refractivity contribution in [3.05, 3.63) is 46.5 Å². The second-order valence-electron chi connectivity index (χ2n) is 7.19. The van der Waals surface area contributed by atoms with Crippen molar-refractivity contribution in [2.24, 2.45) is 0 Å². The summed E-state index contributed by atoms with van der Waals surface area (Å²) in [6.45, 7) is 8.17. The van der Waals surface area contributed by atoms with Gasteiger partial charge in [-0.2, -0.15) is 0 Å². The van der Waals surface area contributed by atoms with Crippen LogP contribution in [0, 0.1) is 13.8 Å². The maximum Gasteiger partial charge on any atom is 0.255 e. The molecule has 1 atom stereocenters. The Morgan fingerprint density at radius 2 is 2.07 bits per heavy atom. The first-order valence-electron chi connectivity index (χ1n) is 9.46. The topological polar surface area (TPSA) is 78.0 Å². The molecular formula is C20H23ClN6O. The second kappa shape index (κ2) is 7.39. The fraction of sp³-hybridized carbons (Fsp3) is 0.400. The van der Waals surface area contributed by atoms with E-state index < -0.39 is 0 Å². The molecule has 1 aliphatic rings. The first-order chi connectivity index (χ1) is 13.5. The molecule has 1 amide bonds. The quantitative estimate of drug-likeness (QED) is 0.729. The molecule has 1 N–H and O–H groups in total. The van der Waals surface area contributed by atoms with E-state index >= 15 is 0 Å². The maximum atomic E-state index is 13.2. The van der Waals surface area contributed by atoms with Gasteiger partial charge in [-0.3, -0.25) is 4.79 Å². The molecule has 28 heavy (non-hydrogen) atoms. The Labute approximate surface area is 168 Å². The number of aromatic amines is 1. The molecule has 4 rings (SSSR count). The van der Waals surface area contributed by atoms with Crippen molar-refractivity contribution >= 4 is 34.5 Å². The van der Waals surface area contributed by atoms with Crippen LogP contribution >= 0.6 is 11.6 Å². The van der Waals surface area contributed by atoms with Crippen LogP contribution in [0.1, 0.15) is 34.8 Å². The number of H-pyrrole nitrogens is 1. The molecular weight excluding hydrogens is 376 g/mol. The molecule has 3 aromatic rings. The van der Waals surface area contributed by atoms with Crippen molar-refractivity contribution in [2.45, 2.75) is 33.2 Å². The van der Waals surface area contributed by atoms with E-state index in [0.29, 0.717) is 29.3 Å². The minimum atomic E-state index is -0.0168. The van der Waals surface area contributed by atoms with Crippen molar-refractivity contribution in [3.8, 4) is 0 Å². The summed E-state index contributed by atoms with van der Waals surface area (Å²) in [6.07, 6.45) is 4.03. The number of amides is 1. The number of carbonyl (C=O) groups excluding carboxylic acids is 1. The van der Waals surface area contributed by atoms with Crippen LogP contribution in [0.15, 0.2) is 24.8 Å². The molecule has 1 unspecified atom stereocenters. The van der Waals surface area contributed by atoms with Crippen LogP contribution in [0.5, 0.6) is 0 Å². The van der Waals surface area contributed by atoms with Gasteiger partial charge in [0.1, 0.15) is 11.8 Å². The molecule has 0 bridgehead atoms. The van der Waals surface area contributed by atoms with E-state index in [9.17, 15) is 4.79 Å². The Morgan fingerprint density at radius 1 is 1.29 bits per heavy atom. The fourth-order valence-corrected chi connectivity index (χ4v) is 4.15. The number of hydrogen-bond acceptors (Lipinski definition) is 5. The van der Waals surface area contributed by atoms with Crippen LogP contribution in [0.4, 0.5) is 5.82 Å². The van der Waals surface area contributed by atoms with Crippen molar-refractivity contribution in [2.75, 3.05) is 24.5 Å². The highest BCUT2D eigenvalue weighted by atomic mass is 35.5. The first-order valence-corrected chi connectivity index (χ1v) is 9.84. The summed E-state index contributed by atoms with van der Waals surface area (Å²) in [6, 6.07) is 3.87. The molecule has 1 saturated heterocycles. The second-order valence-corrected chi connectivity index (χ2v) is 7.60. The van der Waals surface area contributed by atoms with Crippen LogP contribution in [0.2, 0.25) is 5.02 Å². The third-order valence-electron chi connectivity index (χ3n) is 5.52. The van der Waals surface area contributed by atoms with E-state index in [1.165, 1.54) is 6.33 Å². The highest BCUT2D eigenvalue weighted by Crippen LogP contribution is 2.28. The highest BCUT2D eigenvalue weighted by molar-refractivity contribution is 6.34. The fourth-order valence-electron chi connectivity index (χ4n) is 3.85. The number of fused-ring (bicyclic) bond motifs is 1. The molecule has 7 nitrogen and oxygen atoms in total. The average Bonchev–Trinajstić information content (AvgIpc) is 3.34. The van der Waals surface area contributed by atoms with Gasteiger partial charge in [0.2, 0.25) is 0 Å². The zero-order chi connectivity index (χ0) is 19.8. The van der Waals surface area contributed by atoms with Crippen LogP contribution in [-0.4, -0.2) is 56.4 Å². The van der Waals surface area contributed by atoms with Crippen LogP contribution in [0.3, 0.4) is 0 Å². The number of anilines is 1. The third kappa shape index (κ3) is 3.20. The molecule has 0 saturated carbocycles. The van der Waals surface area contributed by atoms with Gasteiger partial charge in [0.15, 0.2) is 11.5 Å². The molecule has 0 spiro atoms. The van der Waals surface area contributed by atoms with Gasteiger partial charge in [0.25, 0.3) is 5.91 Å². The smallest absolute Gasteiger partial charge is 0.255 e. The van der Waals surface area contributed by atoms with Crippen molar-refractivity contribution < 1.29 is 4.79 Å². The van der Waals surface area contributed by atoms with Crippen LogP contribution in [0.25, 0.3) is 11.2 Å². The lowest BCUT2D eigenvalue weighted by molar-refractivity contribution is 0.0705. The van der Waals surface area contributed by atoms with Crippen molar-refractivity contribution in [1.82, 2.24) is 24.8 Å². The third-order valence-corrected chi connectivity index (χ3v) is 5.83. The predicted molar refractivity (Wildman–Crippen MR) is 110 cm³/mol. The van der Waals surface area contributed by atoms with Crippen LogP contribution in [-0.2, 0) is 0 Å². The Balaban J connectivity index is 1.57. The standard InChI is InChI=1S/C20H23ClN6O/c1-4-27(20(28)15-7-12(2)13(3)8-16(15)21)14-5-6-26(9-14)19-17-18(23-10-22-17)24-11-25-19/h7-8,10-11,14H,4-6,9H2,1-3H3,(H,22,23,24,25). The summed E-state index contributed by atoms with van der Waals surface area (Å²) in [5, 5.41) is 0.511. The summed E-state index contributed by atoms with van der Waals surface area (Å²) < 4.78 is 0. The van der Waals surface area contributed by atoms with Gasteiger partial charge in [-0.25, -0.2) is 15.0 Å². The van der Waals surface area contributed by atoms with Gasteiger partial charge in [0, 0.05) is 19.6 Å². The monoisotopic (exact) mass is 398 g/mol. The normalized spacial score (nSPS) is 16.7. The minimum Gasteiger partial charge on any atom is -0.353 e. The molecule has 0 aliphatic carbocycles. The number of imidazole rings is 1. The molecule has 146 valence electrons. The van der Waals surface area contributed by atoms with E-state index in [4.69, 9.17) is 11.6 Å². The van der Waals surface area contributed by atoms with Crippen molar-refractivity contribution in [3.63, 3.8) is 0 Å².